The molecule has 0 saturated carbocycles. The van der Waals surface area contributed by atoms with Crippen LogP contribution in [0.15, 0.2) is 140 Å². The van der Waals surface area contributed by atoms with Gasteiger partial charge in [0.15, 0.2) is 0 Å². The topological polar surface area (TPSA) is 50.9 Å². The van der Waals surface area contributed by atoms with Gasteiger partial charge in [-0.25, -0.2) is 4.98 Å². The molecule has 0 bridgehead atoms. The van der Waals surface area contributed by atoms with Crippen molar-refractivity contribution in [3.63, 3.8) is 0 Å². The summed E-state index contributed by atoms with van der Waals surface area (Å²) in [5.74, 6) is -0.187. The Kier molecular flexibility index (Phi) is 8.09. The van der Waals surface area contributed by atoms with Crippen molar-refractivity contribution < 1.29 is 18.8 Å². The lowest BCUT2D eigenvalue weighted by Crippen LogP contribution is -2.12. The quantitative estimate of drug-likeness (QED) is 0.174. The number of rotatable bonds is 7. The average molecular weight is 826 g/mol. The number of para-hydroxylation sites is 1. The number of benzene rings is 6. The van der Waals surface area contributed by atoms with Crippen LogP contribution >= 0.6 is 0 Å². The molecule has 1 N–H and O–H groups in total. The van der Waals surface area contributed by atoms with Crippen molar-refractivity contribution in [2.45, 2.75) is 105 Å². The van der Waals surface area contributed by atoms with Crippen molar-refractivity contribution in [1.29, 1.82) is 0 Å². The fraction of sp³-hybridized carbons (Fsp3) is 0.276. The predicted molar refractivity (Wildman–Crippen MR) is 263 cm³/mol. The molecule has 0 saturated heterocycles. The molecule has 0 fully saturated rings. The van der Waals surface area contributed by atoms with E-state index in [2.05, 4.69) is 94.6 Å². The second-order valence-electron chi connectivity index (χ2n) is 18.8. The summed E-state index contributed by atoms with van der Waals surface area (Å²) in [5, 5.41) is 12.0. The highest BCUT2D eigenvalue weighted by atomic mass is 16.3. The minimum atomic E-state index is -3.37. The smallest absolute Gasteiger partial charge is 0.149 e. The molecule has 0 spiro atoms. The van der Waals surface area contributed by atoms with E-state index in [4.69, 9.17) is 23.7 Å². The van der Waals surface area contributed by atoms with E-state index in [1.165, 1.54) is 12.1 Å². The Morgan fingerprint density at radius 1 is 0.581 bits per heavy atom. The highest BCUT2D eigenvalue weighted by Gasteiger charge is 2.26. The van der Waals surface area contributed by atoms with Gasteiger partial charge in [0, 0.05) is 36.6 Å². The number of pyridine rings is 1. The Morgan fingerprint density at radius 3 is 1.95 bits per heavy atom. The van der Waals surface area contributed by atoms with Crippen molar-refractivity contribution in [2.75, 3.05) is 0 Å². The van der Waals surface area contributed by atoms with E-state index in [0.29, 0.717) is 33.7 Å². The van der Waals surface area contributed by atoms with Crippen molar-refractivity contribution in [3.8, 4) is 67.5 Å². The van der Waals surface area contributed by atoms with Gasteiger partial charge in [-0.05, 0) is 128 Å². The molecule has 0 radical (unpaired) electrons. The maximum atomic E-state index is 12.0. The first-order valence-corrected chi connectivity index (χ1v) is 21.1. The summed E-state index contributed by atoms with van der Waals surface area (Å²) in [6, 6.07) is 42.2. The summed E-state index contributed by atoms with van der Waals surface area (Å²) in [6.45, 7) is 8.44. The van der Waals surface area contributed by atoms with Crippen molar-refractivity contribution in [3.05, 3.63) is 167 Å². The fourth-order valence-corrected chi connectivity index (χ4v) is 8.08. The van der Waals surface area contributed by atoms with Crippen LogP contribution in [0.25, 0.3) is 72.7 Å². The second kappa shape index (κ2) is 15.9. The summed E-state index contributed by atoms with van der Waals surface area (Å²) < 4.78 is 84.9. The maximum Gasteiger partial charge on any atom is 0.149 e. The molecule has 0 aliphatic rings. The molecule has 2 heterocycles. The Balaban J connectivity index is 1.35. The molecular weight excluding hydrogens is 755 g/mol. The maximum absolute atomic E-state index is 12.0. The van der Waals surface area contributed by atoms with Gasteiger partial charge in [0.25, 0.3) is 0 Å². The van der Waals surface area contributed by atoms with Gasteiger partial charge in [0.1, 0.15) is 11.6 Å². The third kappa shape index (κ3) is 8.23. The number of imidazole rings is 1. The molecule has 4 nitrogen and oxygen atoms in total. The Labute approximate surface area is 383 Å². The first-order chi connectivity index (χ1) is 33.3. The zero-order valence-electron chi connectivity index (χ0n) is 47.1. The van der Waals surface area contributed by atoms with E-state index in [1.54, 1.807) is 24.4 Å². The largest absolute Gasteiger partial charge is 0.507 e. The number of hydrogen-bond acceptors (Lipinski definition) is 3. The third-order valence-electron chi connectivity index (χ3n) is 11.8. The molecule has 314 valence electrons. The van der Waals surface area contributed by atoms with Gasteiger partial charge in [0.2, 0.25) is 0 Å². The molecule has 62 heavy (non-hydrogen) atoms. The van der Waals surface area contributed by atoms with E-state index in [9.17, 15) is 5.11 Å². The van der Waals surface area contributed by atoms with Crippen LogP contribution in [0.4, 0.5) is 0 Å². The number of aromatic nitrogens is 3. The Hall–Kier alpha value is -6.26. The zero-order valence-corrected chi connectivity index (χ0v) is 37.1. The van der Waals surface area contributed by atoms with Gasteiger partial charge in [-0.15, -0.1) is 0 Å². The van der Waals surface area contributed by atoms with Crippen LogP contribution in [-0.2, 0) is 16.2 Å². The summed E-state index contributed by atoms with van der Waals surface area (Å²) in [5.41, 5.74) is 8.96. The lowest BCUT2D eigenvalue weighted by atomic mass is 9.83. The molecule has 0 atom stereocenters. The standard InChI is InChI=1S/C58H61N3O/c1-36(2)40-23-26-51(48(33-40)39-17-14-13-15-18-39)61-52-20-16-19-47(53(52)60-55(61)49-35-45(57(7,8)9)29-37(3)54(49)62)42-30-43(32-46(31-42)58(10,11)12)50-34-41(27-28-59-50)38-21-24-44(25-22-38)56(4,5)6/h13-36,62H,1-12H3/i4D3,5D3,6D3,36D. The van der Waals surface area contributed by atoms with E-state index in [1.807, 2.05) is 75.4 Å². The molecule has 6 aromatic carbocycles. The lowest BCUT2D eigenvalue weighted by Gasteiger charge is -2.22. The molecule has 4 heteroatoms. The number of aryl methyl sites for hydroxylation is 1. The van der Waals surface area contributed by atoms with Crippen LogP contribution in [0.1, 0.15) is 123 Å². The van der Waals surface area contributed by atoms with Crippen molar-refractivity contribution in [1.82, 2.24) is 14.5 Å². The second-order valence-corrected chi connectivity index (χ2v) is 18.8. The molecule has 0 unspecified atom stereocenters. The monoisotopic (exact) mass is 826 g/mol. The fourth-order valence-electron chi connectivity index (χ4n) is 8.08. The van der Waals surface area contributed by atoms with Crippen molar-refractivity contribution in [2.24, 2.45) is 0 Å². The molecule has 0 aliphatic heterocycles. The number of nitrogens with zero attached hydrogens (tertiary/aromatic N) is 3. The van der Waals surface area contributed by atoms with Crippen LogP contribution in [0.5, 0.6) is 5.75 Å². The van der Waals surface area contributed by atoms with E-state index in [-0.39, 0.29) is 22.1 Å². The van der Waals surface area contributed by atoms with Gasteiger partial charge in [-0.1, -0.05) is 161 Å². The van der Waals surface area contributed by atoms with Gasteiger partial charge in [-0.2, -0.15) is 0 Å². The average Bonchev–Trinajstić information content (AvgIpc) is 3.67. The predicted octanol–water partition coefficient (Wildman–Crippen LogP) is 15.8. The summed E-state index contributed by atoms with van der Waals surface area (Å²) in [7, 11) is 0. The summed E-state index contributed by atoms with van der Waals surface area (Å²) in [4.78, 5) is 10.4. The Morgan fingerprint density at radius 2 is 1.27 bits per heavy atom. The van der Waals surface area contributed by atoms with Crippen LogP contribution in [-0.4, -0.2) is 19.6 Å². The van der Waals surface area contributed by atoms with E-state index < -0.39 is 31.9 Å². The molecule has 0 aliphatic carbocycles. The lowest BCUT2D eigenvalue weighted by molar-refractivity contribution is 0.471. The molecular formula is C58H61N3O. The SMILES string of the molecule is [2H]C(C)(C)c1ccc(-n2c(-c3cc(C(C)(C)C)cc(C)c3O)nc3c(-c4cc(-c5cc(-c6ccc(C(C([2H])([2H])[2H])(C([2H])([2H])[2H])C([2H])([2H])[2H])cc6)ccn5)cc(C(C)(C)C)c4)cccc32)c(-c2ccccc2)c1. The first kappa shape index (κ1) is 31.6. The van der Waals surface area contributed by atoms with Gasteiger partial charge in [-0.3, -0.25) is 9.55 Å². The molecule has 2 aromatic heterocycles. The molecule has 0 amide bonds. The van der Waals surface area contributed by atoms with Crippen LogP contribution in [0.2, 0.25) is 0 Å². The minimum Gasteiger partial charge on any atom is -0.507 e. The summed E-state index contributed by atoms with van der Waals surface area (Å²) in [6.07, 6.45) is 1.67. The first-order valence-electron chi connectivity index (χ1n) is 26.1. The van der Waals surface area contributed by atoms with Gasteiger partial charge in [0.05, 0.1) is 28.0 Å². The van der Waals surface area contributed by atoms with Gasteiger partial charge < -0.3 is 5.11 Å². The number of phenols is 1. The highest BCUT2D eigenvalue weighted by Crippen LogP contribution is 2.44. The van der Waals surface area contributed by atoms with Crippen LogP contribution in [0, 0.1) is 6.92 Å². The number of hydrogen-bond donors (Lipinski definition) is 1. The zero-order chi connectivity index (χ0) is 52.7. The molecule has 8 rings (SSSR count). The Bertz CT molecular complexity index is 3290. The van der Waals surface area contributed by atoms with E-state index >= 15 is 0 Å². The van der Waals surface area contributed by atoms with E-state index in [0.717, 1.165) is 61.3 Å². The van der Waals surface area contributed by atoms with Crippen LogP contribution in [0.3, 0.4) is 0 Å². The van der Waals surface area contributed by atoms with Crippen LogP contribution < -0.4 is 0 Å². The third-order valence-corrected chi connectivity index (χ3v) is 11.8. The number of fused-ring (bicyclic) bond motifs is 1. The minimum absolute atomic E-state index is 0.134. The normalized spacial score (nSPS) is 15.6. The highest BCUT2D eigenvalue weighted by molar-refractivity contribution is 5.98. The number of aromatic hydroxyl groups is 1. The van der Waals surface area contributed by atoms with Gasteiger partial charge >= 0.3 is 0 Å². The summed E-state index contributed by atoms with van der Waals surface area (Å²) >= 11 is 0. The molecule has 8 aromatic rings. The van der Waals surface area contributed by atoms with Crippen molar-refractivity contribution >= 4 is 11.0 Å². The number of phenolic OH excluding ortho intramolecular Hbond substituents is 1.